The van der Waals surface area contributed by atoms with Gasteiger partial charge in [-0.3, -0.25) is 9.59 Å². The molecule has 6 heteroatoms. The molecule has 126 valence electrons. The normalized spacial score (nSPS) is 17.6. The fourth-order valence-corrected chi connectivity index (χ4v) is 3.07. The SMILES string of the molecule is CC(=O)N1CCCC(C(=O)Nc2cc(C)n(-c3ccccc3)n2)C1. The number of piperidine rings is 1. The summed E-state index contributed by atoms with van der Waals surface area (Å²) in [5.41, 5.74) is 1.90. The lowest BCUT2D eigenvalue weighted by atomic mass is 9.97. The number of aromatic nitrogens is 2. The third kappa shape index (κ3) is 3.48. The highest BCUT2D eigenvalue weighted by molar-refractivity contribution is 5.92. The summed E-state index contributed by atoms with van der Waals surface area (Å²) in [6.07, 6.45) is 1.66. The van der Waals surface area contributed by atoms with Gasteiger partial charge in [-0.2, -0.15) is 0 Å². The zero-order valence-electron chi connectivity index (χ0n) is 14.0. The highest BCUT2D eigenvalue weighted by Gasteiger charge is 2.27. The van der Waals surface area contributed by atoms with Crippen molar-refractivity contribution >= 4 is 17.6 Å². The minimum absolute atomic E-state index is 0.0247. The molecule has 0 bridgehead atoms. The van der Waals surface area contributed by atoms with Crippen LogP contribution in [-0.4, -0.2) is 39.6 Å². The fourth-order valence-electron chi connectivity index (χ4n) is 3.07. The van der Waals surface area contributed by atoms with E-state index in [2.05, 4.69) is 10.4 Å². The summed E-state index contributed by atoms with van der Waals surface area (Å²) in [5, 5.41) is 7.37. The quantitative estimate of drug-likeness (QED) is 0.941. The second-order valence-corrected chi connectivity index (χ2v) is 6.21. The first-order valence-corrected chi connectivity index (χ1v) is 8.23. The number of anilines is 1. The van der Waals surface area contributed by atoms with Gasteiger partial charge in [0, 0.05) is 31.8 Å². The minimum Gasteiger partial charge on any atom is -0.342 e. The molecule has 2 heterocycles. The molecule has 2 amide bonds. The van der Waals surface area contributed by atoms with Crippen molar-refractivity contribution in [1.29, 1.82) is 0 Å². The number of carbonyl (C=O) groups is 2. The van der Waals surface area contributed by atoms with E-state index < -0.39 is 0 Å². The third-order valence-corrected chi connectivity index (χ3v) is 4.38. The molecule has 1 aliphatic rings. The molecule has 1 fully saturated rings. The predicted molar refractivity (Wildman–Crippen MR) is 91.9 cm³/mol. The lowest BCUT2D eigenvalue weighted by Crippen LogP contribution is -2.42. The Labute approximate surface area is 141 Å². The molecule has 1 N–H and O–H groups in total. The van der Waals surface area contributed by atoms with Gasteiger partial charge >= 0.3 is 0 Å². The second-order valence-electron chi connectivity index (χ2n) is 6.21. The number of hydrogen-bond acceptors (Lipinski definition) is 3. The number of rotatable bonds is 3. The summed E-state index contributed by atoms with van der Waals surface area (Å²) in [6, 6.07) is 11.7. The highest BCUT2D eigenvalue weighted by atomic mass is 16.2. The van der Waals surface area contributed by atoms with Crippen molar-refractivity contribution in [3.05, 3.63) is 42.1 Å². The summed E-state index contributed by atoms with van der Waals surface area (Å²) < 4.78 is 1.80. The van der Waals surface area contributed by atoms with Crippen LogP contribution in [0.3, 0.4) is 0 Å². The van der Waals surface area contributed by atoms with Crippen LogP contribution in [0, 0.1) is 12.8 Å². The van der Waals surface area contributed by atoms with E-state index in [4.69, 9.17) is 0 Å². The molecular weight excluding hydrogens is 304 g/mol. The van der Waals surface area contributed by atoms with Crippen molar-refractivity contribution in [3.63, 3.8) is 0 Å². The molecule has 0 saturated carbocycles. The molecule has 3 rings (SSSR count). The van der Waals surface area contributed by atoms with Crippen LogP contribution in [0.25, 0.3) is 5.69 Å². The summed E-state index contributed by atoms with van der Waals surface area (Å²) in [5.74, 6) is 0.321. The summed E-state index contributed by atoms with van der Waals surface area (Å²) in [6.45, 7) is 4.72. The van der Waals surface area contributed by atoms with Crippen molar-refractivity contribution < 1.29 is 9.59 Å². The first-order chi connectivity index (χ1) is 11.5. The van der Waals surface area contributed by atoms with Crippen LogP contribution in [0.2, 0.25) is 0 Å². The third-order valence-electron chi connectivity index (χ3n) is 4.38. The van der Waals surface area contributed by atoms with Gasteiger partial charge in [0.15, 0.2) is 5.82 Å². The molecule has 24 heavy (non-hydrogen) atoms. The van der Waals surface area contributed by atoms with E-state index in [1.165, 1.54) is 0 Å². The summed E-state index contributed by atoms with van der Waals surface area (Å²) in [7, 11) is 0. The molecule has 0 aliphatic carbocycles. The van der Waals surface area contributed by atoms with Crippen molar-refractivity contribution in [2.24, 2.45) is 5.92 Å². The molecule has 1 atom stereocenters. The van der Waals surface area contributed by atoms with Gasteiger partial charge in [-0.15, -0.1) is 5.10 Å². The minimum atomic E-state index is -0.176. The van der Waals surface area contributed by atoms with Gasteiger partial charge in [0.25, 0.3) is 0 Å². The molecule has 1 saturated heterocycles. The summed E-state index contributed by atoms with van der Waals surface area (Å²) >= 11 is 0. The number of benzene rings is 1. The van der Waals surface area contributed by atoms with E-state index in [1.807, 2.05) is 43.3 Å². The van der Waals surface area contributed by atoms with E-state index in [-0.39, 0.29) is 17.7 Å². The number of likely N-dealkylation sites (tertiary alicyclic amines) is 1. The first-order valence-electron chi connectivity index (χ1n) is 8.23. The van der Waals surface area contributed by atoms with Gasteiger partial charge in [-0.05, 0) is 31.9 Å². The van der Waals surface area contributed by atoms with Crippen molar-refractivity contribution in [3.8, 4) is 5.69 Å². The van der Waals surface area contributed by atoms with Crippen LogP contribution in [0.5, 0.6) is 0 Å². The van der Waals surface area contributed by atoms with Crippen LogP contribution in [-0.2, 0) is 9.59 Å². The van der Waals surface area contributed by atoms with Gasteiger partial charge in [0.1, 0.15) is 0 Å². The van der Waals surface area contributed by atoms with Crippen LogP contribution in [0.15, 0.2) is 36.4 Å². The van der Waals surface area contributed by atoms with E-state index in [0.717, 1.165) is 30.8 Å². The predicted octanol–water partition coefficient (Wildman–Crippen LogP) is 2.38. The molecule has 1 aromatic heterocycles. The Morgan fingerprint density at radius 1 is 1.25 bits per heavy atom. The van der Waals surface area contributed by atoms with Gasteiger partial charge in [0.2, 0.25) is 11.8 Å². The molecule has 0 spiro atoms. The largest absolute Gasteiger partial charge is 0.342 e. The Morgan fingerprint density at radius 2 is 2.00 bits per heavy atom. The average Bonchev–Trinajstić information content (AvgIpc) is 2.96. The smallest absolute Gasteiger partial charge is 0.230 e. The Morgan fingerprint density at radius 3 is 2.71 bits per heavy atom. The number of amides is 2. The Bertz CT molecular complexity index is 739. The Kier molecular flexibility index (Phi) is 4.64. The maximum absolute atomic E-state index is 12.5. The van der Waals surface area contributed by atoms with Gasteiger partial charge in [0.05, 0.1) is 11.6 Å². The molecule has 6 nitrogen and oxygen atoms in total. The van der Waals surface area contributed by atoms with Crippen LogP contribution < -0.4 is 5.32 Å². The molecule has 1 unspecified atom stereocenters. The molecule has 2 aromatic rings. The fraction of sp³-hybridized carbons (Fsp3) is 0.389. The maximum Gasteiger partial charge on any atom is 0.230 e. The van der Waals surface area contributed by atoms with E-state index in [1.54, 1.807) is 16.5 Å². The average molecular weight is 326 g/mol. The lowest BCUT2D eigenvalue weighted by molar-refractivity contribution is -0.132. The van der Waals surface area contributed by atoms with E-state index in [9.17, 15) is 9.59 Å². The molecular formula is C18H22N4O2. The Hall–Kier alpha value is -2.63. The van der Waals surface area contributed by atoms with E-state index >= 15 is 0 Å². The van der Waals surface area contributed by atoms with Crippen molar-refractivity contribution in [2.45, 2.75) is 26.7 Å². The number of aryl methyl sites for hydroxylation is 1. The number of para-hydroxylation sites is 1. The molecule has 1 aliphatic heterocycles. The second kappa shape index (κ2) is 6.86. The van der Waals surface area contributed by atoms with Gasteiger partial charge in [-0.1, -0.05) is 18.2 Å². The molecule has 1 aromatic carbocycles. The zero-order valence-corrected chi connectivity index (χ0v) is 14.0. The Balaban J connectivity index is 1.70. The van der Waals surface area contributed by atoms with Crippen LogP contribution >= 0.6 is 0 Å². The van der Waals surface area contributed by atoms with Crippen LogP contribution in [0.4, 0.5) is 5.82 Å². The lowest BCUT2D eigenvalue weighted by Gasteiger charge is -2.31. The first kappa shape index (κ1) is 16.2. The molecule has 0 radical (unpaired) electrons. The zero-order chi connectivity index (χ0) is 17.1. The monoisotopic (exact) mass is 326 g/mol. The number of carbonyl (C=O) groups excluding carboxylic acids is 2. The maximum atomic E-state index is 12.5. The standard InChI is InChI=1S/C18H22N4O2/c1-13-11-17(20-22(13)16-8-4-3-5-9-16)19-18(24)15-7-6-10-21(12-15)14(2)23/h3-5,8-9,11,15H,6-7,10,12H2,1-2H3,(H,19,20,24). The number of nitrogens with one attached hydrogen (secondary N) is 1. The van der Waals surface area contributed by atoms with Crippen molar-refractivity contribution in [1.82, 2.24) is 14.7 Å². The summed E-state index contributed by atoms with van der Waals surface area (Å²) in [4.78, 5) is 25.7. The topological polar surface area (TPSA) is 67.2 Å². The van der Waals surface area contributed by atoms with Crippen molar-refractivity contribution in [2.75, 3.05) is 18.4 Å². The number of nitrogens with zero attached hydrogens (tertiary/aromatic N) is 3. The van der Waals surface area contributed by atoms with Gasteiger partial charge < -0.3 is 10.2 Å². The number of hydrogen-bond donors (Lipinski definition) is 1. The van der Waals surface area contributed by atoms with E-state index in [0.29, 0.717) is 12.4 Å². The van der Waals surface area contributed by atoms with Crippen LogP contribution in [0.1, 0.15) is 25.5 Å². The highest BCUT2D eigenvalue weighted by Crippen LogP contribution is 2.20. The van der Waals surface area contributed by atoms with Gasteiger partial charge in [-0.25, -0.2) is 4.68 Å².